The zero-order valence-electron chi connectivity index (χ0n) is 18.6. The summed E-state index contributed by atoms with van der Waals surface area (Å²) in [5.41, 5.74) is 2.11. The summed E-state index contributed by atoms with van der Waals surface area (Å²) in [6.07, 6.45) is 1.73. The summed E-state index contributed by atoms with van der Waals surface area (Å²) in [5, 5.41) is 9.92. The number of halogens is 2. The van der Waals surface area contributed by atoms with E-state index in [4.69, 9.17) is 21.4 Å². The number of aliphatic imine (C=N–C) groups is 1. The van der Waals surface area contributed by atoms with Crippen LogP contribution in [0.3, 0.4) is 0 Å². The molecule has 1 amide bonds. The van der Waals surface area contributed by atoms with Crippen molar-refractivity contribution in [2.24, 2.45) is 4.99 Å². The molecule has 0 saturated carbocycles. The number of amidine groups is 1. The predicted molar refractivity (Wildman–Crippen MR) is 136 cm³/mol. The van der Waals surface area contributed by atoms with Gasteiger partial charge in [-0.1, -0.05) is 29.8 Å². The Labute approximate surface area is 210 Å². The highest BCUT2D eigenvalue weighted by atomic mass is 35.5. The molecule has 3 aromatic carbocycles. The molecule has 0 aromatic heterocycles. The third-order valence-corrected chi connectivity index (χ3v) is 6.38. The summed E-state index contributed by atoms with van der Waals surface area (Å²) in [6, 6.07) is 17.4. The van der Waals surface area contributed by atoms with Crippen LogP contribution in [0.5, 0.6) is 5.75 Å². The number of aromatic carboxylic acids is 1. The van der Waals surface area contributed by atoms with E-state index in [1.165, 1.54) is 36.0 Å². The van der Waals surface area contributed by atoms with Crippen LogP contribution in [-0.2, 0) is 11.4 Å². The van der Waals surface area contributed by atoms with Gasteiger partial charge in [0.1, 0.15) is 18.2 Å². The molecule has 0 spiro atoms. The molecule has 3 aromatic rings. The van der Waals surface area contributed by atoms with E-state index < -0.39 is 5.97 Å². The Kier molecular flexibility index (Phi) is 7.53. The van der Waals surface area contributed by atoms with E-state index in [0.29, 0.717) is 44.2 Å². The van der Waals surface area contributed by atoms with Crippen LogP contribution in [0.4, 0.5) is 10.1 Å². The Bertz CT molecular complexity index is 1340. The summed E-state index contributed by atoms with van der Waals surface area (Å²) in [7, 11) is 0. The Balaban J connectivity index is 1.51. The van der Waals surface area contributed by atoms with Crippen molar-refractivity contribution < 1.29 is 23.8 Å². The molecule has 0 bridgehead atoms. The molecule has 0 unspecified atom stereocenters. The van der Waals surface area contributed by atoms with Gasteiger partial charge in [-0.15, -0.1) is 0 Å². The zero-order chi connectivity index (χ0) is 24.9. The van der Waals surface area contributed by atoms with Crippen LogP contribution in [-0.4, -0.2) is 33.6 Å². The first kappa shape index (κ1) is 24.5. The Hall–Kier alpha value is -3.62. The normalized spacial score (nSPS) is 15.7. The van der Waals surface area contributed by atoms with Crippen molar-refractivity contribution in [3.8, 4) is 5.75 Å². The third kappa shape index (κ3) is 5.90. The Morgan fingerprint density at radius 1 is 1.17 bits per heavy atom. The molecule has 1 aliphatic heterocycles. The third-order valence-electron chi connectivity index (χ3n) is 5.08. The number of nitrogens with zero attached hydrogens (tertiary/aromatic N) is 2. The second kappa shape index (κ2) is 10.8. The van der Waals surface area contributed by atoms with Gasteiger partial charge in [-0.25, -0.2) is 14.2 Å². The van der Waals surface area contributed by atoms with Crippen molar-refractivity contribution in [3.63, 3.8) is 0 Å². The number of carboxylic acid groups (broad SMARTS) is 1. The number of carbonyl (C=O) groups is 2. The molecule has 1 saturated heterocycles. The first-order valence-corrected chi connectivity index (χ1v) is 11.8. The van der Waals surface area contributed by atoms with E-state index in [1.54, 1.807) is 53.4 Å². The number of hydrogen-bond donors (Lipinski definition) is 1. The monoisotopic (exact) mass is 510 g/mol. The molecule has 1 N–H and O–H groups in total. The molecule has 0 atom stereocenters. The Morgan fingerprint density at radius 3 is 2.60 bits per heavy atom. The van der Waals surface area contributed by atoms with Gasteiger partial charge in [-0.2, -0.15) is 0 Å². The molecule has 1 aliphatic rings. The lowest BCUT2D eigenvalue weighted by atomic mass is 10.2. The quantitative estimate of drug-likeness (QED) is 0.373. The number of hydrogen-bond acceptors (Lipinski definition) is 5. The topological polar surface area (TPSA) is 79.2 Å². The number of rotatable bonds is 7. The van der Waals surface area contributed by atoms with Gasteiger partial charge in [-0.05, 0) is 84.4 Å². The van der Waals surface area contributed by atoms with E-state index in [2.05, 4.69) is 4.99 Å². The number of carbonyl (C=O) groups excluding carboxylic acids is 1. The fraction of sp³-hybridized carbons (Fsp3) is 0.115. The van der Waals surface area contributed by atoms with Gasteiger partial charge in [0.25, 0.3) is 5.91 Å². The number of likely N-dealkylation sites (N-methyl/N-ethyl adjacent to an activating group) is 1. The maximum atomic E-state index is 13.3. The highest BCUT2D eigenvalue weighted by Gasteiger charge is 2.32. The molecule has 4 rings (SSSR count). The van der Waals surface area contributed by atoms with Gasteiger partial charge in [0.05, 0.1) is 21.2 Å². The molecule has 9 heteroatoms. The van der Waals surface area contributed by atoms with E-state index >= 15 is 0 Å². The minimum absolute atomic E-state index is 0.164. The van der Waals surface area contributed by atoms with Gasteiger partial charge in [0.2, 0.25) is 0 Å². The summed E-state index contributed by atoms with van der Waals surface area (Å²) in [4.78, 5) is 30.5. The van der Waals surface area contributed by atoms with Crippen molar-refractivity contribution in [1.29, 1.82) is 0 Å². The second-order valence-electron chi connectivity index (χ2n) is 7.51. The molecule has 1 fully saturated rings. The van der Waals surface area contributed by atoms with Gasteiger partial charge in [0.15, 0.2) is 5.17 Å². The SMILES string of the molecule is CCN1C(=O)C(=Cc2ccc(OCc3cccc(F)c3)c(Cl)c2)SC1=Nc1ccc(C(=O)O)cc1. The molecule has 0 aliphatic carbocycles. The first-order chi connectivity index (χ1) is 16.8. The van der Waals surface area contributed by atoms with Crippen LogP contribution in [0, 0.1) is 5.82 Å². The minimum Gasteiger partial charge on any atom is -0.487 e. The van der Waals surface area contributed by atoms with Gasteiger partial charge < -0.3 is 9.84 Å². The van der Waals surface area contributed by atoms with E-state index in [1.807, 2.05) is 6.92 Å². The fourth-order valence-electron chi connectivity index (χ4n) is 3.32. The van der Waals surface area contributed by atoms with Crippen molar-refractivity contribution in [2.45, 2.75) is 13.5 Å². The van der Waals surface area contributed by atoms with Gasteiger partial charge in [0, 0.05) is 6.54 Å². The first-order valence-electron chi connectivity index (χ1n) is 10.6. The van der Waals surface area contributed by atoms with Crippen molar-refractivity contribution in [3.05, 3.63) is 99.2 Å². The predicted octanol–water partition coefficient (Wildman–Crippen LogP) is 6.38. The highest BCUT2D eigenvalue weighted by molar-refractivity contribution is 8.18. The number of benzene rings is 3. The number of carboxylic acids is 1. The van der Waals surface area contributed by atoms with Crippen molar-refractivity contribution >= 4 is 52.2 Å². The van der Waals surface area contributed by atoms with Crippen LogP contribution in [0.25, 0.3) is 6.08 Å². The molecular weight excluding hydrogens is 491 g/mol. The molecule has 0 radical (unpaired) electrons. The standard InChI is InChI=1S/C26H20ClFN2O4S/c1-2-30-24(31)23(35-26(30)29-20-9-7-18(8-10-20)25(32)33)14-16-6-11-22(21(27)13-16)34-15-17-4-3-5-19(28)12-17/h3-14H,2,15H2,1H3,(H,32,33). The Morgan fingerprint density at radius 2 is 1.94 bits per heavy atom. The molecule has 6 nitrogen and oxygen atoms in total. The van der Waals surface area contributed by atoms with Gasteiger partial charge in [-0.3, -0.25) is 9.69 Å². The van der Waals surface area contributed by atoms with Crippen LogP contribution in [0.2, 0.25) is 5.02 Å². The van der Waals surface area contributed by atoms with Crippen LogP contribution < -0.4 is 4.74 Å². The average Bonchev–Trinajstić information content (AvgIpc) is 3.12. The summed E-state index contributed by atoms with van der Waals surface area (Å²) in [6.45, 7) is 2.46. The minimum atomic E-state index is -1.01. The summed E-state index contributed by atoms with van der Waals surface area (Å²) >= 11 is 7.61. The largest absolute Gasteiger partial charge is 0.487 e. The van der Waals surface area contributed by atoms with Crippen molar-refractivity contribution in [2.75, 3.05) is 6.54 Å². The van der Waals surface area contributed by atoms with E-state index in [9.17, 15) is 14.0 Å². The number of amides is 1. The lowest BCUT2D eigenvalue weighted by Gasteiger charge is -2.12. The zero-order valence-corrected chi connectivity index (χ0v) is 20.1. The number of thioether (sulfide) groups is 1. The summed E-state index contributed by atoms with van der Waals surface area (Å²) in [5.74, 6) is -1.08. The second-order valence-corrected chi connectivity index (χ2v) is 8.93. The van der Waals surface area contributed by atoms with Crippen LogP contribution >= 0.6 is 23.4 Å². The van der Waals surface area contributed by atoms with Crippen LogP contribution in [0.15, 0.2) is 76.6 Å². The maximum Gasteiger partial charge on any atom is 0.335 e. The molecule has 1 heterocycles. The average molecular weight is 511 g/mol. The van der Waals surface area contributed by atoms with Gasteiger partial charge >= 0.3 is 5.97 Å². The summed E-state index contributed by atoms with van der Waals surface area (Å²) < 4.78 is 19.1. The highest BCUT2D eigenvalue weighted by Crippen LogP contribution is 2.35. The smallest absolute Gasteiger partial charge is 0.335 e. The molecule has 178 valence electrons. The lowest BCUT2D eigenvalue weighted by Crippen LogP contribution is -2.28. The van der Waals surface area contributed by atoms with E-state index in [-0.39, 0.29) is 23.9 Å². The fourth-order valence-corrected chi connectivity index (χ4v) is 4.63. The molecular formula is C26H20ClFN2O4S. The van der Waals surface area contributed by atoms with E-state index in [0.717, 1.165) is 0 Å². The molecule has 35 heavy (non-hydrogen) atoms. The van der Waals surface area contributed by atoms with Crippen molar-refractivity contribution in [1.82, 2.24) is 4.90 Å². The number of ether oxygens (including phenoxy) is 1. The lowest BCUT2D eigenvalue weighted by molar-refractivity contribution is -0.122. The maximum absolute atomic E-state index is 13.3. The van der Waals surface area contributed by atoms with Crippen LogP contribution in [0.1, 0.15) is 28.4 Å².